The molecule has 0 radical (unpaired) electrons. The zero-order valence-electron chi connectivity index (χ0n) is 16.3. The number of fused-ring (bicyclic) bond motifs is 3. The van der Waals surface area contributed by atoms with Crippen LogP contribution in [0.3, 0.4) is 0 Å². The summed E-state index contributed by atoms with van der Waals surface area (Å²) in [5.74, 6) is 1.87. The highest BCUT2D eigenvalue weighted by molar-refractivity contribution is 6.05. The van der Waals surface area contributed by atoms with E-state index < -0.39 is 0 Å². The lowest BCUT2D eigenvalue weighted by atomic mass is 9.86. The van der Waals surface area contributed by atoms with E-state index in [9.17, 15) is 0 Å². The van der Waals surface area contributed by atoms with Crippen molar-refractivity contribution >= 4 is 21.5 Å². The lowest BCUT2D eigenvalue weighted by Crippen LogP contribution is -2.10. The summed E-state index contributed by atoms with van der Waals surface area (Å²) in [7, 11) is 0. The van der Waals surface area contributed by atoms with Crippen molar-refractivity contribution in [2.24, 2.45) is 5.41 Å². The van der Waals surface area contributed by atoms with E-state index in [0.717, 1.165) is 34.6 Å². The fourth-order valence-corrected chi connectivity index (χ4v) is 4.26. The van der Waals surface area contributed by atoms with Crippen molar-refractivity contribution in [1.82, 2.24) is 4.98 Å². The van der Waals surface area contributed by atoms with Gasteiger partial charge in [0.1, 0.15) is 11.5 Å². The molecular weight excluding hydrogens is 330 g/mol. The number of hydrogen-bond donors (Lipinski definition) is 0. The van der Waals surface area contributed by atoms with E-state index in [2.05, 4.69) is 76.2 Å². The molecular formula is C25H23NO. The number of ether oxygens (including phenoxy) is 1. The van der Waals surface area contributed by atoms with E-state index in [-0.39, 0.29) is 5.41 Å². The van der Waals surface area contributed by atoms with Crippen molar-refractivity contribution in [3.63, 3.8) is 0 Å². The molecule has 0 spiro atoms. The number of aryl methyl sites for hydroxylation is 1. The number of pyridine rings is 1. The first-order valence-electron chi connectivity index (χ1n) is 9.53. The van der Waals surface area contributed by atoms with Gasteiger partial charge >= 0.3 is 0 Å². The third-order valence-electron chi connectivity index (χ3n) is 5.34. The van der Waals surface area contributed by atoms with Crippen molar-refractivity contribution in [2.75, 3.05) is 0 Å². The SMILES string of the molecule is Cc1c2c(cc3ccccc13)-c1nccc3cc(CC(C)(C)C)cc(c13)O2. The molecule has 134 valence electrons. The van der Waals surface area contributed by atoms with Gasteiger partial charge in [0.05, 0.1) is 11.1 Å². The monoisotopic (exact) mass is 353 g/mol. The maximum absolute atomic E-state index is 6.50. The smallest absolute Gasteiger partial charge is 0.140 e. The quantitative estimate of drug-likeness (QED) is 0.322. The highest BCUT2D eigenvalue weighted by Crippen LogP contribution is 2.49. The molecule has 1 aromatic heterocycles. The molecule has 1 aliphatic rings. The van der Waals surface area contributed by atoms with Crippen LogP contribution in [0.25, 0.3) is 32.8 Å². The normalized spacial score (nSPS) is 12.9. The molecule has 2 heterocycles. The maximum atomic E-state index is 6.50. The van der Waals surface area contributed by atoms with E-state index in [1.807, 2.05) is 6.20 Å². The second-order valence-corrected chi connectivity index (χ2v) is 8.79. The van der Waals surface area contributed by atoms with Crippen molar-refractivity contribution in [3.05, 3.63) is 65.9 Å². The van der Waals surface area contributed by atoms with Crippen LogP contribution < -0.4 is 4.74 Å². The van der Waals surface area contributed by atoms with Gasteiger partial charge in [-0.1, -0.05) is 51.1 Å². The summed E-state index contributed by atoms with van der Waals surface area (Å²) in [4.78, 5) is 4.75. The van der Waals surface area contributed by atoms with Gasteiger partial charge in [0.15, 0.2) is 0 Å². The Morgan fingerprint density at radius 3 is 2.59 bits per heavy atom. The molecule has 0 unspecified atom stereocenters. The Morgan fingerprint density at radius 2 is 1.78 bits per heavy atom. The predicted molar refractivity (Wildman–Crippen MR) is 113 cm³/mol. The zero-order valence-corrected chi connectivity index (χ0v) is 16.3. The Bertz CT molecular complexity index is 1210. The van der Waals surface area contributed by atoms with Crippen molar-refractivity contribution in [1.29, 1.82) is 0 Å². The number of hydrogen-bond acceptors (Lipinski definition) is 2. The van der Waals surface area contributed by atoms with Crippen molar-refractivity contribution in [2.45, 2.75) is 34.1 Å². The van der Waals surface area contributed by atoms with Gasteiger partial charge in [-0.2, -0.15) is 0 Å². The summed E-state index contributed by atoms with van der Waals surface area (Å²) in [5, 5.41) is 4.78. The molecule has 2 nitrogen and oxygen atoms in total. The fourth-order valence-electron chi connectivity index (χ4n) is 4.26. The van der Waals surface area contributed by atoms with Gasteiger partial charge in [0.2, 0.25) is 0 Å². The van der Waals surface area contributed by atoms with Crippen LogP contribution in [0.15, 0.2) is 54.7 Å². The molecule has 0 aliphatic carbocycles. The van der Waals surface area contributed by atoms with Gasteiger partial charge in [-0.15, -0.1) is 0 Å². The van der Waals surface area contributed by atoms with Crippen LogP contribution in [0.1, 0.15) is 31.9 Å². The Balaban J connectivity index is 1.81. The van der Waals surface area contributed by atoms with Gasteiger partial charge in [0.25, 0.3) is 0 Å². The van der Waals surface area contributed by atoms with Crippen LogP contribution >= 0.6 is 0 Å². The van der Waals surface area contributed by atoms with Crippen LogP contribution in [-0.2, 0) is 6.42 Å². The van der Waals surface area contributed by atoms with Gasteiger partial charge in [-0.05, 0) is 58.7 Å². The Labute approximate surface area is 159 Å². The molecule has 4 aromatic rings. The van der Waals surface area contributed by atoms with Crippen LogP contribution in [0, 0.1) is 12.3 Å². The summed E-state index contributed by atoms with van der Waals surface area (Å²) in [6, 6.07) is 17.3. The second-order valence-electron chi connectivity index (χ2n) is 8.79. The summed E-state index contributed by atoms with van der Waals surface area (Å²) in [6.45, 7) is 8.96. The average molecular weight is 353 g/mol. The van der Waals surface area contributed by atoms with Crippen LogP contribution in [-0.4, -0.2) is 4.98 Å². The van der Waals surface area contributed by atoms with E-state index >= 15 is 0 Å². The van der Waals surface area contributed by atoms with E-state index in [1.54, 1.807) is 0 Å². The molecule has 0 saturated carbocycles. The van der Waals surface area contributed by atoms with Gasteiger partial charge in [0, 0.05) is 17.3 Å². The minimum atomic E-state index is 0.231. The Morgan fingerprint density at radius 1 is 0.963 bits per heavy atom. The standard InChI is InChI=1S/C25H23NO/c1-15-19-8-6-5-7-17(19)13-20-23-22-18(9-10-26-23)11-16(14-25(2,3)4)12-21(22)27-24(15)20/h5-13H,14H2,1-4H3. The lowest BCUT2D eigenvalue weighted by molar-refractivity contribution is 0.410. The summed E-state index contributed by atoms with van der Waals surface area (Å²) >= 11 is 0. The molecule has 0 saturated heterocycles. The maximum Gasteiger partial charge on any atom is 0.140 e. The second kappa shape index (κ2) is 5.56. The Hall–Kier alpha value is -2.87. The number of nitrogens with zero attached hydrogens (tertiary/aromatic N) is 1. The highest BCUT2D eigenvalue weighted by atomic mass is 16.5. The largest absolute Gasteiger partial charge is 0.456 e. The molecule has 3 aromatic carbocycles. The first kappa shape index (κ1) is 16.3. The molecule has 0 atom stereocenters. The van der Waals surface area contributed by atoms with E-state index in [0.29, 0.717) is 0 Å². The highest BCUT2D eigenvalue weighted by Gasteiger charge is 2.25. The molecule has 1 aliphatic heterocycles. The third-order valence-corrected chi connectivity index (χ3v) is 5.34. The summed E-state index contributed by atoms with van der Waals surface area (Å²) in [5.41, 5.74) is 4.83. The molecule has 0 N–H and O–H groups in total. The van der Waals surface area contributed by atoms with Gasteiger partial charge < -0.3 is 4.74 Å². The fraction of sp³-hybridized carbons (Fsp3) is 0.240. The molecule has 27 heavy (non-hydrogen) atoms. The van der Waals surface area contributed by atoms with Gasteiger partial charge in [-0.3, -0.25) is 4.98 Å². The molecule has 2 heteroatoms. The van der Waals surface area contributed by atoms with Crippen LogP contribution in [0.4, 0.5) is 0 Å². The Kier molecular flexibility index (Phi) is 3.36. The van der Waals surface area contributed by atoms with E-state index in [4.69, 9.17) is 9.72 Å². The lowest BCUT2D eigenvalue weighted by Gasteiger charge is -2.25. The van der Waals surface area contributed by atoms with Crippen LogP contribution in [0.2, 0.25) is 0 Å². The number of benzene rings is 3. The zero-order chi connectivity index (χ0) is 18.8. The minimum absolute atomic E-state index is 0.231. The van der Waals surface area contributed by atoms with Crippen molar-refractivity contribution < 1.29 is 4.74 Å². The topological polar surface area (TPSA) is 22.1 Å². The summed E-state index contributed by atoms with van der Waals surface area (Å²) < 4.78 is 6.50. The van der Waals surface area contributed by atoms with Crippen molar-refractivity contribution in [3.8, 4) is 22.8 Å². The van der Waals surface area contributed by atoms with Crippen LogP contribution in [0.5, 0.6) is 11.5 Å². The first-order chi connectivity index (χ1) is 12.9. The molecule has 5 rings (SSSR count). The predicted octanol–water partition coefficient (Wildman–Crippen LogP) is 7.06. The average Bonchev–Trinajstić information content (AvgIpc) is 2.62. The van der Waals surface area contributed by atoms with Gasteiger partial charge in [-0.25, -0.2) is 0 Å². The molecule has 0 fully saturated rings. The third kappa shape index (κ3) is 2.59. The number of rotatable bonds is 1. The summed E-state index contributed by atoms with van der Waals surface area (Å²) in [6.07, 6.45) is 2.93. The minimum Gasteiger partial charge on any atom is -0.456 e. The van der Waals surface area contributed by atoms with E-state index in [1.165, 1.54) is 27.3 Å². The molecule has 0 bridgehead atoms. The first-order valence-corrected chi connectivity index (χ1v) is 9.53. The number of aromatic nitrogens is 1. The molecule has 0 amide bonds.